The summed E-state index contributed by atoms with van der Waals surface area (Å²) < 4.78 is 26.7. The normalized spacial score (nSPS) is 11.4. The van der Waals surface area contributed by atoms with E-state index in [1.807, 2.05) is 6.92 Å². The number of sulfonamides is 1. The van der Waals surface area contributed by atoms with E-state index in [1.54, 1.807) is 24.3 Å². The number of nitro groups is 1. The number of nitrogens with one attached hydrogen (secondary N) is 1. The number of hydrogen-bond donors (Lipinski definition) is 1. The van der Waals surface area contributed by atoms with Crippen molar-refractivity contribution in [3.05, 3.63) is 74.3 Å². The first-order chi connectivity index (χ1) is 10.8. The number of nitro benzene ring substituents is 1. The summed E-state index contributed by atoms with van der Waals surface area (Å²) in [6.07, 6.45) is 0. The van der Waals surface area contributed by atoms with Gasteiger partial charge >= 0.3 is 0 Å². The molecule has 2 aromatic rings. The Bertz CT molecular complexity index is 837. The first-order valence-corrected chi connectivity index (χ1v) is 8.76. The van der Waals surface area contributed by atoms with Crippen LogP contribution in [-0.4, -0.2) is 13.3 Å². The molecule has 0 aliphatic carbocycles. The third-order valence-corrected chi connectivity index (χ3v) is 4.95. The van der Waals surface area contributed by atoms with Gasteiger partial charge in [-0.15, -0.1) is 0 Å². The van der Waals surface area contributed by atoms with Gasteiger partial charge in [0.15, 0.2) is 0 Å². The molecule has 0 spiro atoms. The molecule has 8 heteroatoms. The van der Waals surface area contributed by atoms with Crippen molar-refractivity contribution in [1.82, 2.24) is 4.72 Å². The van der Waals surface area contributed by atoms with E-state index in [2.05, 4.69) is 4.72 Å². The largest absolute Gasteiger partial charge is 0.273 e. The fourth-order valence-electron chi connectivity index (χ4n) is 2.01. The fourth-order valence-corrected chi connectivity index (χ4v) is 3.35. The van der Waals surface area contributed by atoms with Gasteiger partial charge in [-0.05, 0) is 24.1 Å². The minimum absolute atomic E-state index is 0.0724. The van der Waals surface area contributed by atoms with E-state index in [-0.39, 0.29) is 17.8 Å². The van der Waals surface area contributed by atoms with E-state index < -0.39 is 20.7 Å². The molecule has 0 aliphatic heterocycles. The predicted molar refractivity (Wildman–Crippen MR) is 88.7 cm³/mol. The second kappa shape index (κ2) is 7.08. The van der Waals surface area contributed by atoms with Gasteiger partial charge < -0.3 is 0 Å². The first kappa shape index (κ1) is 17.4. The van der Waals surface area contributed by atoms with Gasteiger partial charge in [0.05, 0.1) is 10.7 Å². The SMILES string of the molecule is Cc1ccc(CNS(=O)(=O)Cc2ccccc2[N+](=O)[O-])cc1Cl. The molecule has 0 saturated carbocycles. The zero-order valence-electron chi connectivity index (χ0n) is 12.3. The quantitative estimate of drug-likeness (QED) is 0.637. The van der Waals surface area contributed by atoms with E-state index in [0.717, 1.165) is 5.56 Å². The first-order valence-electron chi connectivity index (χ1n) is 6.73. The lowest BCUT2D eigenvalue weighted by Crippen LogP contribution is -2.25. The standard InChI is InChI=1S/C15H15ClN2O4S/c1-11-6-7-12(8-14(11)16)9-17-23(21,22)10-13-4-2-3-5-15(13)18(19)20/h2-8,17H,9-10H2,1H3. The number of hydrogen-bond acceptors (Lipinski definition) is 4. The monoisotopic (exact) mass is 354 g/mol. The van der Waals surface area contributed by atoms with Crippen LogP contribution in [-0.2, 0) is 22.3 Å². The highest BCUT2D eigenvalue weighted by molar-refractivity contribution is 7.88. The lowest BCUT2D eigenvalue weighted by molar-refractivity contribution is -0.385. The molecule has 0 amide bonds. The third kappa shape index (κ3) is 4.75. The van der Waals surface area contributed by atoms with E-state index in [1.165, 1.54) is 18.2 Å². The van der Waals surface area contributed by atoms with Crippen molar-refractivity contribution in [3.63, 3.8) is 0 Å². The van der Waals surface area contributed by atoms with Crippen molar-refractivity contribution < 1.29 is 13.3 Å². The Labute approximate surface area is 139 Å². The van der Waals surface area contributed by atoms with Crippen LogP contribution in [0, 0.1) is 17.0 Å². The van der Waals surface area contributed by atoms with Gasteiger partial charge in [0, 0.05) is 23.2 Å². The van der Waals surface area contributed by atoms with Crippen LogP contribution < -0.4 is 4.72 Å². The Morgan fingerprint density at radius 3 is 2.57 bits per heavy atom. The number of para-hydroxylation sites is 1. The number of nitrogens with zero attached hydrogens (tertiary/aromatic N) is 1. The van der Waals surface area contributed by atoms with Crippen LogP contribution in [0.5, 0.6) is 0 Å². The summed E-state index contributed by atoms with van der Waals surface area (Å²) in [5.41, 5.74) is 1.55. The topological polar surface area (TPSA) is 89.3 Å². The molecule has 0 aromatic heterocycles. The molecule has 2 aromatic carbocycles. The number of rotatable bonds is 6. The molecular weight excluding hydrogens is 340 g/mol. The van der Waals surface area contributed by atoms with Gasteiger partial charge in [-0.3, -0.25) is 10.1 Å². The average Bonchev–Trinajstić information content (AvgIpc) is 2.48. The maximum atomic E-state index is 12.1. The summed E-state index contributed by atoms with van der Waals surface area (Å²) in [4.78, 5) is 10.3. The van der Waals surface area contributed by atoms with Crippen LogP contribution in [0.4, 0.5) is 5.69 Å². The van der Waals surface area contributed by atoms with Crippen LogP contribution in [0.15, 0.2) is 42.5 Å². The van der Waals surface area contributed by atoms with Gasteiger partial charge in [0.25, 0.3) is 5.69 Å². The summed E-state index contributed by atoms with van der Waals surface area (Å²) in [5.74, 6) is -0.455. The second-order valence-electron chi connectivity index (χ2n) is 5.05. The van der Waals surface area contributed by atoms with Crippen molar-refractivity contribution in [2.75, 3.05) is 0 Å². The van der Waals surface area contributed by atoms with Gasteiger partial charge in [0.1, 0.15) is 0 Å². The highest BCUT2D eigenvalue weighted by Gasteiger charge is 2.19. The van der Waals surface area contributed by atoms with Crippen molar-refractivity contribution >= 4 is 27.3 Å². The molecule has 0 saturated heterocycles. The lowest BCUT2D eigenvalue weighted by atomic mass is 10.1. The smallest absolute Gasteiger partial charge is 0.258 e. The highest BCUT2D eigenvalue weighted by Crippen LogP contribution is 2.20. The van der Waals surface area contributed by atoms with Crippen LogP contribution in [0.2, 0.25) is 5.02 Å². The van der Waals surface area contributed by atoms with Crippen molar-refractivity contribution in [1.29, 1.82) is 0 Å². The molecule has 0 unspecified atom stereocenters. The minimum Gasteiger partial charge on any atom is -0.258 e. The molecule has 0 fully saturated rings. The van der Waals surface area contributed by atoms with Crippen LogP contribution in [0.3, 0.4) is 0 Å². The Morgan fingerprint density at radius 1 is 1.22 bits per heavy atom. The third-order valence-electron chi connectivity index (χ3n) is 3.27. The zero-order valence-corrected chi connectivity index (χ0v) is 13.9. The number of aryl methyl sites for hydroxylation is 1. The molecule has 23 heavy (non-hydrogen) atoms. The summed E-state index contributed by atoms with van der Waals surface area (Å²) in [6, 6.07) is 11.0. The maximum Gasteiger partial charge on any atom is 0.273 e. The number of halogens is 1. The molecule has 0 aliphatic rings. The Hall–Kier alpha value is -1.96. The molecule has 1 N–H and O–H groups in total. The molecule has 0 bridgehead atoms. The second-order valence-corrected chi connectivity index (χ2v) is 7.26. The summed E-state index contributed by atoms with van der Waals surface area (Å²) in [5, 5.41) is 11.5. The van der Waals surface area contributed by atoms with E-state index in [4.69, 9.17) is 11.6 Å². The highest BCUT2D eigenvalue weighted by atomic mass is 35.5. The molecule has 0 atom stereocenters. The Kier molecular flexibility index (Phi) is 5.35. The molecular formula is C15H15ClN2O4S. The maximum absolute atomic E-state index is 12.1. The van der Waals surface area contributed by atoms with E-state index in [0.29, 0.717) is 10.6 Å². The van der Waals surface area contributed by atoms with E-state index in [9.17, 15) is 18.5 Å². The minimum atomic E-state index is -3.71. The van der Waals surface area contributed by atoms with Gasteiger partial charge in [-0.2, -0.15) is 0 Å². The molecule has 0 heterocycles. The van der Waals surface area contributed by atoms with Crippen LogP contribution in [0.25, 0.3) is 0 Å². The number of benzene rings is 2. The predicted octanol–water partition coefficient (Wildman–Crippen LogP) is 3.18. The van der Waals surface area contributed by atoms with Gasteiger partial charge in [-0.1, -0.05) is 41.9 Å². The Balaban J connectivity index is 2.11. The van der Waals surface area contributed by atoms with Crippen LogP contribution >= 0.6 is 11.6 Å². The molecule has 0 radical (unpaired) electrons. The summed E-state index contributed by atoms with van der Waals surface area (Å²) >= 11 is 6.00. The van der Waals surface area contributed by atoms with E-state index >= 15 is 0 Å². The Morgan fingerprint density at radius 2 is 1.91 bits per heavy atom. The van der Waals surface area contributed by atoms with Gasteiger partial charge in [-0.25, -0.2) is 13.1 Å². The van der Waals surface area contributed by atoms with Crippen molar-refractivity contribution in [2.24, 2.45) is 0 Å². The zero-order chi connectivity index (χ0) is 17.0. The van der Waals surface area contributed by atoms with Crippen LogP contribution in [0.1, 0.15) is 16.7 Å². The van der Waals surface area contributed by atoms with Crippen molar-refractivity contribution in [2.45, 2.75) is 19.2 Å². The lowest BCUT2D eigenvalue weighted by Gasteiger charge is -2.08. The summed E-state index contributed by atoms with van der Waals surface area (Å²) in [6.45, 7) is 1.92. The fraction of sp³-hybridized carbons (Fsp3) is 0.200. The molecule has 6 nitrogen and oxygen atoms in total. The molecule has 2 rings (SSSR count). The van der Waals surface area contributed by atoms with Crippen molar-refractivity contribution in [3.8, 4) is 0 Å². The van der Waals surface area contributed by atoms with Gasteiger partial charge in [0.2, 0.25) is 10.0 Å². The molecule has 122 valence electrons. The average molecular weight is 355 g/mol. The summed E-state index contributed by atoms with van der Waals surface area (Å²) in [7, 11) is -3.71.